The van der Waals surface area contributed by atoms with Crippen LogP contribution in [-0.4, -0.2) is 26.4 Å². The minimum absolute atomic E-state index is 0.298. The van der Waals surface area contributed by atoms with E-state index in [9.17, 15) is 0 Å². The summed E-state index contributed by atoms with van der Waals surface area (Å²) in [6, 6.07) is 6.06. The summed E-state index contributed by atoms with van der Waals surface area (Å²) in [5.74, 6) is 3.16. The maximum Gasteiger partial charge on any atom is 0.231 e. The van der Waals surface area contributed by atoms with Crippen molar-refractivity contribution in [3.63, 3.8) is 0 Å². The third kappa shape index (κ3) is 2.58. The van der Waals surface area contributed by atoms with E-state index in [1.54, 1.807) is 11.8 Å². The number of benzene rings is 1. The zero-order chi connectivity index (χ0) is 18.7. The van der Waals surface area contributed by atoms with Crippen LogP contribution in [0.2, 0.25) is 0 Å². The Balaban J connectivity index is 1.34. The van der Waals surface area contributed by atoms with Crippen LogP contribution < -0.4 is 9.47 Å². The van der Waals surface area contributed by atoms with E-state index in [1.165, 1.54) is 27.8 Å². The molecule has 0 radical (unpaired) electrons. The maximum atomic E-state index is 5.47. The molecule has 4 heterocycles. The van der Waals surface area contributed by atoms with E-state index in [0.717, 1.165) is 51.6 Å². The molecule has 0 saturated carbocycles. The molecule has 1 aliphatic carbocycles. The van der Waals surface area contributed by atoms with Crippen LogP contribution in [-0.2, 0) is 18.6 Å². The predicted octanol–water partition coefficient (Wildman–Crippen LogP) is 4.48. The molecule has 1 atom stereocenters. The summed E-state index contributed by atoms with van der Waals surface area (Å²) in [5.41, 5.74) is 3.54. The van der Waals surface area contributed by atoms with Crippen molar-refractivity contribution in [2.75, 3.05) is 6.79 Å². The van der Waals surface area contributed by atoms with Crippen LogP contribution in [0.5, 0.6) is 11.5 Å². The summed E-state index contributed by atoms with van der Waals surface area (Å²) in [6.45, 7) is 2.63. The molecule has 142 valence electrons. The van der Waals surface area contributed by atoms with Crippen LogP contribution in [0.15, 0.2) is 29.7 Å². The lowest BCUT2D eigenvalue weighted by Crippen LogP contribution is -2.08. The second-order valence-electron chi connectivity index (χ2n) is 7.43. The van der Waals surface area contributed by atoms with Crippen LogP contribution in [0.4, 0.5) is 0 Å². The molecule has 0 unspecified atom stereocenters. The van der Waals surface area contributed by atoms with Crippen LogP contribution >= 0.6 is 23.1 Å². The highest BCUT2D eigenvalue weighted by Crippen LogP contribution is 2.39. The van der Waals surface area contributed by atoms with Crippen molar-refractivity contribution in [2.45, 2.75) is 37.1 Å². The van der Waals surface area contributed by atoms with Gasteiger partial charge in [-0.25, -0.2) is 4.98 Å². The standard InChI is InChI=1S/C20H18N4O2S2/c1-11-2-4-13-16(6-11)28-19-17(13)18-22-23-20(24(18)9-21-19)27-8-12-3-5-14-15(7-12)26-10-25-14/h3,5,7,9,11H,2,4,6,8,10H2,1H3/t11-/m1/s1. The first-order chi connectivity index (χ1) is 13.8. The van der Waals surface area contributed by atoms with Gasteiger partial charge < -0.3 is 9.47 Å². The van der Waals surface area contributed by atoms with E-state index in [-0.39, 0.29) is 0 Å². The molecule has 1 aliphatic heterocycles. The summed E-state index contributed by atoms with van der Waals surface area (Å²) in [5, 5.41) is 11.1. The highest BCUT2D eigenvalue weighted by atomic mass is 32.2. The molecular weight excluding hydrogens is 392 g/mol. The van der Waals surface area contributed by atoms with E-state index in [1.807, 2.05) is 34.2 Å². The van der Waals surface area contributed by atoms with E-state index >= 15 is 0 Å². The van der Waals surface area contributed by atoms with Crippen molar-refractivity contribution in [3.05, 3.63) is 40.5 Å². The van der Waals surface area contributed by atoms with Crippen molar-refractivity contribution in [1.29, 1.82) is 0 Å². The zero-order valence-corrected chi connectivity index (χ0v) is 17.0. The van der Waals surface area contributed by atoms with Crippen molar-refractivity contribution >= 4 is 39.0 Å². The fourth-order valence-corrected chi connectivity index (χ4v) is 6.19. The lowest BCUT2D eigenvalue weighted by Gasteiger charge is -2.17. The normalized spacial score (nSPS) is 18.1. The summed E-state index contributed by atoms with van der Waals surface area (Å²) in [4.78, 5) is 7.29. The van der Waals surface area contributed by atoms with E-state index in [0.29, 0.717) is 6.79 Å². The van der Waals surface area contributed by atoms with Crippen molar-refractivity contribution in [2.24, 2.45) is 5.92 Å². The van der Waals surface area contributed by atoms with Crippen molar-refractivity contribution in [3.8, 4) is 11.5 Å². The molecule has 0 N–H and O–H groups in total. The predicted molar refractivity (Wildman–Crippen MR) is 109 cm³/mol. The monoisotopic (exact) mass is 410 g/mol. The molecule has 2 aliphatic rings. The highest BCUT2D eigenvalue weighted by molar-refractivity contribution is 7.98. The largest absolute Gasteiger partial charge is 0.454 e. The van der Waals surface area contributed by atoms with Crippen LogP contribution in [0, 0.1) is 5.92 Å². The second-order valence-corrected chi connectivity index (χ2v) is 9.46. The lowest BCUT2D eigenvalue weighted by atomic mass is 9.89. The fourth-order valence-electron chi connectivity index (χ4n) is 4.00. The minimum atomic E-state index is 0.298. The fraction of sp³-hybridized carbons (Fsp3) is 0.350. The van der Waals surface area contributed by atoms with Gasteiger partial charge in [0.05, 0.1) is 5.39 Å². The molecule has 28 heavy (non-hydrogen) atoms. The number of ether oxygens (including phenoxy) is 2. The molecular formula is C20H18N4O2S2. The molecule has 0 fully saturated rings. The van der Waals surface area contributed by atoms with Gasteiger partial charge in [-0.05, 0) is 48.4 Å². The molecule has 4 aromatic rings. The van der Waals surface area contributed by atoms with Gasteiger partial charge in [-0.15, -0.1) is 21.5 Å². The number of hydrogen-bond donors (Lipinski definition) is 0. The van der Waals surface area contributed by atoms with Crippen molar-refractivity contribution < 1.29 is 9.47 Å². The SMILES string of the molecule is C[C@@H]1CCc2c(sc3ncn4c(SCc5ccc6c(c5)OCO6)nnc4c23)C1. The van der Waals surface area contributed by atoms with Gasteiger partial charge in [0.15, 0.2) is 22.3 Å². The molecule has 0 spiro atoms. The number of rotatable bonds is 3. The third-order valence-corrected chi connectivity index (χ3v) is 7.65. The summed E-state index contributed by atoms with van der Waals surface area (Å²) in [6.07, 6.45) is 5.37. The van der Waals surface area contributed by atoms with Crippen molar-refractivity contribution in [1.82, 2.24) is 19.6 Å². The first-order valence-electron chi connectivity index (χ1n) is 9.41. The first-order valence-corrected chi connectivity index (χ1v) is 11.2. The second kappa shape index (κ2) is 6.35. The Labute approximate surface area is 169 Å². The Morgan fingerprint density at radius 1 is 1.25 bits per heavy atom. The highest BCUT2D eigenvalue weighted by Gasteiger charge is 2.24. The number of hydrogen-bond acceptors (Lipinski definition) is 7. The van der Waals surface area contributed by atoms with Gasteiger partial charge in [0, 0.05) is 10.6 Å². The Morgan fingerprint density at radius 3 is 3.14 bits per heavy atom. The van der Waals surface area contributed by atoms with Gasteiger partial charge in [0.1, 0.15) is 11.2 Å². The average Bonchev–Trinajstić information content (AvgIpc) is 3.41. The summed E-state index contributed by atoms with van der Waals surface area (Å²) in [7, 11) is 0. The lowest BCUT2D eigenvalue weighted by molar-refractivity contribution is 0.174. The van der Waals surface area contributed by atoms with E-state index < -0.39 is 0 Å². The number of thiophene rings is 1. The Kier molecular flexibility index (Phi) is 3.77. The quantitative estimate of drug-likeness (QED) is 0.464. The Bertz CT molecular complexity index is 1220. The Morgan fingerprint density at radius 2 is 2.18 bits per heavy atom. The van der Waals surface area contributed by atoms with Gasteiger partial charge in [-0.3, -0.25) is 4.40 Å². The molecule has 0 amide bonds. The number of aryl methyl sites for hydroxylation is 1. The first kappa shape index (κ1) is 16.6. The van der Waals surface area contributed by atoms with E-state index in [4.69, 9.17) is 14.5 Å². The van der Waals surface area contributed by atoms with Gasteiger partial charge in [-0.2, -0.15) is 0 Å². The number of thioether (sulfide) groups is 1. The average molecular weight is 411 g/mol. The van der Waals surface area contributed by atoms with Gasteiger partial charge in [0.25, 0.3) is 0 Å². The molecule has 8 heteroatoms. The zero-order valence-electron chi connectivity index (χ0n) is 15.3. The van der Waals surface area contributed by atoms with E-state index in [2.05, 4.69) is 23.2 Å². The third-order valence-electron chi connectivity index (χ3n) is 5.48. The number of nitrogens with zero attached hydrogens (tertiary/aromatic N) is 4. The van der Waals surface area contributed by atoms with Gasteiger partial charge in [0.2, 0.25) is 6.79 Å². The molecule has 3 aromatic heterocycles. The Hall–Kier alpha value is -2.32. The molecule has 0 saturated heterocycles. The molecule has 6 nitrogen and oxygen atoms in total. The maximum absolute atomic E-state index is 5.47. The molecule has 0 bridgehead atoms. The van der Waals surface area contributed by atoms with Crippen LogP contribution in [0.1, 0.15) is 29.3 Å². The molecule has 1 aromatic carbocycles. The smallest absolute Gasteiger partial charge is 0.231 e. The van der Waals surface area contributed by atoms with Crippen LogP contribution in [0.3, 0.4) is 0 Å². The van der Waals surface area contributed by atoms with Crippen LogP contribution in [0.25, 0.3) is 15.9 Å². The van der Waals surface area contributed by atoms with Gasteiger partial charge in [-0.1, -0.05) is 24.8 Å². The number of aromatic nitrogens is 4. The van der Waals surface area contributed by atoms with Gasteiger partial charge >= 0.3 is 0 Å². The molecule has 6 rings (SSSR count). The summed E-state index contributed by atoms with van der Waals surface area (Å²) < 4.78 is 12.9. The summed E-state index contributed by atoms with van der Waals surface area (Å²) >= 11 is 3.48. The minimum Gasteiger partial charge on any atom is -0.454 e. The number of fused-ring (bicyclic) bond motifs is 6. The topological polar surface area (TPSA) is 61.5 Å².